The molecule has 4 rings (SSSR count). The molecule has 0 unspecified atom stereocenters. The number of hydrogen-bond donors (Lipinski definition) is 1. The van der Waals surface area contributed by atoms with Crippen molar-refractivity contribution in [3.63, 3.8) is 0 Å². The van der Waals surface area contributed by atoms with E-state index in [0.717, 1.165) is 25.7 Å². The third-order valence-electron chi connectivity index (χ3n) is 4.54. The van der Waals surface area contributed by atoms with Gasteiger partial charge >= 0.3 is 0 Å². The fourth-order valence-corrected chi connectivity index (χ4v) is 5.84. The van der Waals surface area contributed by atoms with Crippen molar-refractivity contribution in [1.29, 1.82) is 0 Å². The zero-order valence-electron chi connectivity index (χ0n) is 17.9. The van der Waals surface area contributed by atoms with E-state index in [1.807, 2.05) is 31.2 Å². The first-order chi connectivity index (χ1) is 16.2. The van der Waals surface area contributed by atoms with Crippen LogP contribution in [0.25, 0.3) is 10.8 Å². The number of carbonyl (C=O) groups excluding carboxylic acids is 1. The van der Waals surface area contributed by atoms with E-state index in [4.69, 9.17) is 4.74 Å². The predicted octanol–water partition coefficient (Wildman–Crippen LogP) is 5.62. The van der Waals surface area contributed by atoms with Crippen LogP contribution in [-0.4, -0.2) is 34.7 Å². The topological polar surface area (TPSA) is 76.5 Å². The van der Waals surface area contributed by atoms with E-state index in [2.05, 4.69) is 63.2 Å². The Kier molecular flexibility index (Phi) is 8.35. The highest BCUT2D eigenvalue weighted by molar-refractivity contribution is 8.03. The largest absolute Gasteiger partial charge is 0.494 e. The Balaban J connectivity index is 1.22. The molecule has 0 spiro atoms. The molecule has 0 aliphatic carbocycles. The summed E-state index contributed by atoms with van der Waals surface area (Å²) in [6.07, 6.45) is 1.60. The second-order valence-electron chi connectivity index (χ2n) is 6.84. The van der Waals surface area contributed by atoms with Gasteiger partial charge in [-0.3, -0.25) is 4.79 Å². The van der Waals surface area contributed by atoms with Gasteiger partial charge < -0.3 is 4.74 Å². The van der Waals surface area contributed by atoms with E-state index in [0.29, 0.717) is 6.61 Å². The van der Waals surface area contributed by atoms with Crippen LogP contribution in [0.5, 0.6) is 5.75 Å². The maximum Gasteiger partial charge on any atom is 0.250 e. The highest BCUT2D eigenvalue weighted by Crippen LogP contribution is 2.32. The molecule has 0 aliphatic rings. The molecule has 3 aromatic carbocycles. The molecule has 0 bridgehead atoms. The number of ether oxygens (including phenoxy) is 1. The first-order valence-electron chi connectivity index (χ1n) is 10.3. The summed E-state index contributed by atoms with van der Waals surface area (Å²) in [6.45, 7) is 2.57. The summed E-state index contributed by atoms with van der Waals surface area (Å²) >= 11 is 4.51. The molecule has 0 fully saturated rings. The lowest BCUT2D eigenvalue weighted by molar-refractivity contribution is -0.118. The number of hydrogen-bond acceptors (Lipinski definition) is 8. The van der Waals surface area contributed by atoms with Crippen molar-refractivity contribution in [3.8, 4) is 5.75 Å². The molecule has 0 saturated heterocycles. The molecule has 4 aromatic rings. The molecular formula is C24H22N4O2S3. The minimum atomic E-state index is -0.192. The van der Waals surface area contributed by atoms with Gasteiger partial charge in [-0.1, -0.05) is 77.3 Å². The van der Waals surface area contributed by atoms with E-state index in [9.17, 15) is 4.79 Å². The van der Waals surface area contributed by atoms with Gasteiger partial charge in [-0.05, 0) is 53.1 Å². The van der Waals surface area contributed by atoms with Crippen LogP contribution in [-0.2, 0) is 10.5 Å². The SMILES string of the molecule is CCOc1ccc(C=NNC(=O)CSc2nnc(SCc3cccc4ccccc34)s2)cc1. The molecule has 6 nitrogen and oxygen atoms in total. The number of nitrogens with zero attached hydrogens (tertiary/aromatic N) is 3. The van der Waals surface area contributed by atoms with Crippen LogP contribution in [0.3, 0.4) is 0 Å². The highest BCUT2D eigenvalue weighted by atomic mass is 32.2. The van der Waals surface area contributed by atoms with Crippen LogP contribution in [0.2, 0.25) is 0 Å². The number of thioether (sulfide) groups is 2. The van der Waals surface area contributed by atoms with Gasteiger partial charge in [-0.15, -0.1) is 10.2 Å². The average Bonchev–Trinajstić information content (AvgIpc) is 3.30. The lowest BCUT2D eigenvalue weighted by atomic mass is 10.1. The van der Waals surface area contributed by atoms with Crippen LogP contribution in [0.1, 0.15) is 18.1 Å². The normalized spacial score (nSPS) is 11.2. The van der Waals surface area contributed by atoms with Crippen LogP contribution < -0.4 is 10.2 Å². The number of rotatable bonds is 10. The first-order valence-corrected chi connectivity index (χ1v) is 13.1. The van der Waals surface area contributed by atoms with Gasteiger partial charge in [0.05, 0.1) is 18.6 Å². The second kappa shape index (κ2) is 11.8. The fraction of sp³-hybridized carbons (Fsp3) is 0.167. The van der Waals surface area contributed by atoms with Gasteiger partial charge in [0.15, 0.2) is 8.68 Å². The quantitative estimate of drug-likeness (QED) is 0.175. The van der Waals surface area contributed by atoms with E-state index >= 15 is 0 Å². The van der Waals surface area contributed by atoms with Crippen LogP contribution in [0, 0.1) is 0 Å². The van der Waals surface area contributed by atoms with Gasteiger partial charge in [-0.25, -0.2) is 5.43 Å². The van der Waals surface area contributed by atoms with Gasteiger partial charge in [0.2, 0.25) is 0 Å². The second-order valence-corrected chi connectivity index (χ2v) is 10.3. The number of nitrogens with one attached hydrogen (secondary N) is 1. The third kappa shape index (κ3) is 6.80. The Morgan fingerprint density at radius 1 is 1.03 bits per heavy atom. The molecule has 0 aliphatic heterocycles. The summed E-state index contributed by atoms with van der Waals surface area (Å²) in [6, 6.07) is 22.2. The Bertz CT molecular complexity index is 1240. The van der Waals surface area contributed by atoms with Gasteiger partial charge in [0.1, 0.15) is 5.75 Å². The Hall–Kier alpha value is -2.88. The van der Waals surface area contributed by atoms with E-state index < -0.39 is 0 Å². The summed E-state index contributed by atoms with van der Waals surface area (Å²) in [5.41, 5.74) is 4.69. The van der Waals surface area contributed by atoms with E-state index in [1.54, 1.807) is 18.0 Å². The molecule has 0 radical (unpaired) electrons. The minimum Gasteiger partial charge on any atom is -0.494 e. The van der Waals surface area contributed by atoms with Crippen LogP contribution in [0.15, 0.2) is 80.5 Å². The maximum absolute atomic E-state index is 12.1. The number of benzene rings is 3. The van der Waals surface area contributed by atoms with Crippen molar-refractivity contribution < 1.29 is 9.53 Å². The number of carbonyl (C=O) groups is 1. The van der Waals surface area contributed by atoms with Gasteiger partial charge in [-0.2, -0.15) is 5.10 Å². The fourth-order valence-electron chi connectivity index (χ4n) is 3.03. The van der Waals surface area contributed by atoms with Crippen molar-refractivity contribution in [2.45, 2.75) is 21.4 Å². The summed E-state index contributed by atoms with van der Waals surface area (Å²) in [4.78, 5) is 12.1. The molecule has 1 heterocycles. The van der Waals surface area contributed by atoms with Crippen LogP contribution >= 0.6 is 34.9 Å². The molecule has 1 N–H and O–H groups in total. The third-order valence-corrected chi connectivity index (χ3v) is 7.78. The smallest absolute Gasteiger partial charge is 0.250 e. The summed E-state index contributed by atoms with van der Waals surface area (Å²) < 4.78 is 7.06. The van der Waals surface area contributed by atoms with Gasteiger partial charge in [0, 0.05) is 5.75 Å². The van der Waals surface area contributed by atoms with Crippen molar-refractivity contribution >= 4 is 57.8 Å². The number of aromatic nitrogens is 2. The average molecular weight is 495 g/mol. The van der Waals surface area contributed by atoms with Crippen molar-refractivity contribution in [1.82, 2.24) is 15.6 Å². The summed E-state index contributed by atoms with van der Waals surface area (Å²) in [7, 11) is 0. The monoisotopic (exact) mass is 494 g/mol. The molecule has 0 saturated carbocycles. The van der Waals surface area contributed by atoms with Crippen LogP contribution in [0.4, 0.5) is 0 Å². The molecule has 168 valence electrons. The number of amides is 1. The lowest BCUT2D eigenvalue weighted by Crippen LogP contribution is -2.19. The Labute approximate surface area is 204 Å². The molecule has 9 heteroatoms. The molecule has 1 amide bonds. The Morgan fingerprint density at radius 2 is 1.79 bits per heavy atom. The summed E-state index contributed by atoms with van der Waals surface area (Å²) in [5.74, 6) is 1.66. The Morgan fingerprint density at radius 3 is 2.61 bits per heavy atom. The first kappa shape index (κ1) is 23.3. The molecular weight excluding hydrogens is 472 g/mol. The number of fused-ring (bicyclic) bond motifs is 1. The molecule has 1 aromatic heterocycles. The minimum absolute atomic E-state index is 0.192. The van der Waals surface area contributed by atoms with E-state index in [-0.39, 0.29) is 11.7 Å². The lowest BCUT2D eigenvalue weighted by Gasteiger charge is -2.04. The van der Waals surface area contributed by atoms with Crippen molar-refractivity contribution in [2.24, 2.45) is 5.10 Å². The highest BCUT2D eigenvalue weighted by Gasteiger charge is 2.09. The van der Waals surface area contributed by atoms with E-state index in [1.165, 1.54) is 39.4 Å². The van der Waals surface area contributed by atoms with Crippen molar-refractivity contribution in [3.05, 3.63) is 77.9 Å². The predicted molar refractivity (Wildman–Crippen MR) is 137 cm³/mol. The zero-order valence-corrected chi connectivity index (χ0v) is 20.4. The summed E-state index contributed by atoms with van der Waals surface area (Å²) in [5, 5.41) is 14.9. The number of hydrazone groups is 1. The molecule has 0 atom stereocenters. The maximum atomic E-state index is 12.1. The molecule has 33 heavy (non-hydrogen) atoms. The van der Waals surface area contributed by atoms with Gasteiger partial charge in [0.25, 0.3) is 5.91 Å². The zero-order chi connectivity index (χ0) is 22.9. The standard InChI is InChI=1S/C24H22N4O2S3/c1-2-30-20-12-10-17(11-13-20)14-25-26-22(29)16-32-24-28-27-23(33-24)31-15-19-8-5-7-18-6-3-4-9-21(18)19/h3-14H,2,15-16H2,1H3,(H,26,29). The van der Waals surface area contributed by atoms with Crippen molar-refractivity contribution in [2.75, 3.05) is 12.4 Å².